The van der Waals surface area contributed by atoms with E-state index in [0.29, 0.717) is 35.5 Å². The molecule has 0 unspecified atom stereocenters. The first kappa shape index (κ1) is 13.6. The van der Waals surface area contributed by atoms with Gasteiger partial charge >= 0.3 is 0 Å². The molecule has 0 aromatic heterocycles. The Balaban J connectivity index is 2.47. The maximum absolute atomic E-state index is 13.2. The Morgan fingerprint density at radius 2 is 2.24 bits per heavy atom. The van der Waals surface area contributed by atoms with Crippen LogP contribution in [0.2, 0.25) is 0 Å². The van der Waals surface area contributed by atoms with E-state index in [2.05, 4.69) is 5.32 Å². The van der Waals surface area contributed by atoms with Gasteiger partial charge < -0.3 is 11.1 Å². The minimum atomic E-state index is -0.374. The van der Waals surface area contributed by atoms with Crippen molar-refractivity contribution in [2.45, 2.75) is 19.8 Å². The zero-order valence-corrected chi connectivity index (χ0v) is 10.4. The molecule has 0 saturated heterocycles. The van der Waals surface area contributed by atoms with E-state index in [9.17, 15) is 9.18 Å². The maximum atomic E-state index is 13.2. The first-order valence-corrected chi connectivity index (χ1v) is 5.74. The average Bonchev–Trinajstić information content (AvgIpc) is 2.27. The van der Waals surface area contributed by atoms with Crippen molar-refractivity contribution < 1.29 is 9.18 Å². The molecular weight excluding hydrogens is 239 g/mol. The van der Waals surface area contributed by atoms with E-state index in [1.807, 2.05) is 0 Å². The molecule has 1 aromatic carbocycles. The van der Waals surface area contributed by atoms with E-state index in [1.165, 1.54) is 6.07 Å². The molecule has 5 heteroatoms. The van der Waals surface area contributed by atoms with E-state index in [0.717, 1.165) is 0 Å². The third-order valence-corrected chi connectivity index (χ3v) is 2.52. The lowest BCUT2D eigenvalue weighted by Gasteiger charge is -2.05. The summed E-state index contributed by atoms with van der Waals surface area (Å²) in [7, 11) is 0. The Labute approximate surface area is 105 Å². The number of carbonyl (C=O) groups is 1. The number of hydrogen-bond acceptors (Lipinski definition) is 2. The van der Waals surface area contributed by atoms with Gasteiger partial charge in [0.1, 0.15) is 5.82 Å². The van der Waals surface area contributed by atoms with Crippen LogP contribution >= 0.6 is 12.2 Å². The van der Waals surface area contributed by atoms with Gasteiger partial charge in [-0.2, -0.15) is 0 Å². The fourth-order valence-corrected chi connectivity index (χ4v) is 1.45. The molecule has 1 amide bonds. The molecule has 0 saturated carbocycles. The van der Waals surface area contributed by atoms with Crippen molar-refractivity contribution in [2.24, 2.45) is 5.73 Å². The second kappa shape index (κ2) is 6.30. The lowest BCUT2D eigenvalue weighted by atomic mass is 10.1. The number of hydrogen-bond donors (Lipinski definition) is 2. The predicted octanol–water partition coefficient (Wildman–Crippen LogP) is 1.93. The van der Waals surface area contributed by atoms with E-state index >= 15 is 0 Å². The van der Waals surface area contributed by atoms with Crippen LogP contribution in [0.25, 0.3) is 0 Å². The van der Waals surface area contributed by atoms with Crippen LogP contribution in [-0.2, 0) is 0 Å². The van der Waals surface area contributed by atoms with Crippen molar-refractivity contribution in [1.29, 1.82) is 0 Å². The van der Waals surface area contributed by atoms with Crippen LogP contribution in [0.4, 0.5) is 4.39 Å². The average molecular weight is 254 g/mol. The largest absolute Gasteiger partial charge is 0.393 e. The first-order chi connectivity index (χ1) is 8.00. The number of benzene rings is 1. The van der Waals surface area contributed by atoms with Gasteiger partial charge in [0.05, 0.1) is 4.99 Å². The number of amides is 1. The van der Waals surface area contributed by atoms with Crippen LogP contribution in [0.3, 0.4) is 0 Å². The molecule has 3 N–H and O–H groups in total. The Hall–Kier alpha value is -1.49. The molecule has 17 heavy (non-hydrogen) atoms. The number of carbonyl (C=O) groups excluding carboxylic acids is 1. The lowest BCUT2D eigenvalue weighted by Crippen LogP contribution is -2.25. The standard InChI is InChI=1S/C12H15FN2OS/c1-8-4-5-9(7-10(8)13)12(16)15-6-2-3-11(14)17/h4-5,7H,2-3,6H2,1H3,(H2,14,17)(H,15,16). The quantitative estimate of drug-likeness (QED) is 0.623. The van der Waals surface area contributed by atoms with Gasteiger partial charge in [-0.1, -0.05) is 18.3 Å². The molecule has 0 radical (unpaired) electrons. The lowest BCUT2D eigenvalue weighted by molar-refractivity contribution is 0.0953. The molecule has 3 nitrogen and oxygen atoms in total. The van der Waals surface area contributed by atoms with Crippen molar-refractivity contribution in [3.05, 3.63) is 35.1 Å². The van der Waals surface area contributed by atoms with Gasteiger partial charge in [-0.15, -0.1) is 0 Å². The highest BCUT2D eigenvalue weighted by Gasteiger charge is 2.07. The van der Waals surface area contributed by atoms with E-state index in [-0.39, 0.29) is 11.7 Å². The summed E-state index contributed by atoms with van der Waals surface area (Å²) in [6.07, 6.45) is 1.29. The van der Waals surface area contributed by atoms with Crippen molar-refractivity contribution in [2.75, 3.05) is 6.54 Å². The van der Waals surface area contributed by atoms with E-state index in [1.54, 1.807) is 19.1 Å². The van der Waals surface area contributed by atoms with Gasteiger partial charge in [0.25, 0.3) is 5.91 Å². The molecular formula is C12H15FN2OS. The minimum Gasteiger partial charge on any atom is -0.393 e. The molecule has 0 spiro atoms. The van der Waals surface area contributed by atoms with Crippen LogP contribution in [0.1, 0.15) is 28.8 Å². The number of thiocarbonyl (C=S) groups is 1. The normalized spacial score (nSPS) is 10.0. The molecule has 0 aliphatic heterocycles. The Morgan fingerprint density at radius 3 is 2.82 bits per heavy atom. The van der Waals surface area contributed by atoms with E-state index < -0.39 is 0 Å². The van der Waals surface area contributed by atoms with Crippen molar-refractivity contribution in [1.82, 2.24) is 5.32 Å². The van der Waals surface area contributed by atoms with Gasteiger partial charge in [-0.3, -0.25) is 4.79 Å². The molecule has 0 bridgehead atoms. The van der Waals surface area contributed by atoms with Crippen molar-refractivity contribution in [3.8, 4) is 0 Å². The second-order valence-corrected chi connectivity index (χ2v) is 4.31. The van der Waals surface area contributed by atoms with Crippen LogP contribution in [0.5, 0.6) is 0 Å². The van der Waals surface area contributed by atoms with Crippen molar-refractivity contribution >= 4 is 23.1 Å². The summed E-state index contributed by atoms with van der Waals surface area (Å²) in [4.78, 5) is 12.0. The summed E-state index contributed by atoms with van der Waals surface area (Å²) in [6.45, 7) is 2.13. The molecule has 0 aliphatic rings. The van der Waals surface area contributed by atoms with Gasteiger partial charge in [0.15, 0.2) is 0 Å². The molecule has 1 rings (SSSR count). The monoisotopic (exact) mass is 254 g/mol. The number of nitrogens with one attached hydrogen (secondary N) is 1. The minimum absolute atomic E-state index is 0.285. The fraction of sp³-hybridized carbons (Fsp3) is 0.333. The zero-order valence-electron chi connectivity index (χ0n) is 9.63. The highest BCUT2D eigenvalue weighted by molar-refractivity contribution is 7.80. The van der Waals surface area contributed by atoms with Crippen molar-refractivity contribution in [3.63, 3.8) is 0 Å². The van der Waals surface area contributed by atoms with Gasteiger partial charge in [0.2, 0.25) is 0 Å². The Kier molecular flexibility index (Phi) is 5.03. The molecule has 1 aromatic rings. The SMILES string of the molecule is Cc1ccc(C(=O)NCCCC(N)=S)cc1F. The molecule has 0 heterocycles. The molecule has 92 valence electrons. The van der Waals surface area contributed by atoms with Crippen LogP contribution < -0.4 is 11.1 Å². The number of aryl methyl sites for hydroxylation is 1. The third kappa shape index (κ3) is 4.48. The van der Waals surface area contributed by atoms with Crippen LogP contribution in [-0.4, -0.2) is 17.4 Å². The van der Waals surface area contributed by atoms with Crippen LogP contribution in [0.15, 0.2) is 18.2 Å². The molecule has 0 fully saturated rings. The molecule has 0 atom stereocenters. The highest BCUT2D eigenvalue weighted by atomic mass is 32.1. The Morgan fingerprint density at radius 1 is 1.53 bits per heavy atom. The summed E-state index contributed by atoms with van der Waals surface area (Å²) >= 11 is 4.71. The maximum Gasteiger partial charge on any atom is 0.251 e. The molecule has 0 aliphatic carbocycles. The summed E-state index contributed by atoms with van der Waals surface area (Å²) in [6, 6.07) is 4.42. The van der Waals surface area contributed by atoms with E-state index in [4.69, 9.17) is 18.0 Å². The summed E-state index contributed by atoms with van der Waals surface area (Å²) < 4.78 is 13.2. The third-order valence-electron chi connectivity index (χ3n) is 2.32. The Bertz CT molecular complexity index is 435. The fourth-order valence-electron chi connectivity index (χ4n) is 1.30. The number of halogens is 1. The topological polar surface area (TPSA) is 55.1 Å². The first-order valence-electron chi connectivity index (χ1n) is 5.33. The highest BCUT2D eigenvalue weighted by Crippen LogP contribution is 2.08. The summed E-state index contributed by atoms with van der Waals surface area (Å²) in [5, 5.41) is 2.68. The zero-order chi connectivity index (χ0) is 12.8. The van der Waals surface area contributed by atoms with Gasteiger partial charge in [0, 0.05) is 12.1 Å². The van der Waals surface area contributed by atoms with Crippen LogP contribution in [0, 0.1) is 12.7 Å². The summed E-state index contributed by atoms with van der Waals surface area (Å²) in [5.41, 5.74) is 6.17. The number of nitrogens with two attached hydrogens (primary N) is 1. The predicted molar refractivity (Wildman–Crippen MR) is 69.5 cm³/mol. The second-order valence-electron chi connectivity index (χ2n) is 3.79. The van der Waals surface area contributed by atoms with Gasteiger partial charge in [-0.25, -0.2) is 4.39 Å². The summed E-state index contributed by atoms with van der Waals surface area (Å²) in [5.74, 6) is -0.660. The smallest absolute Gasteiger partial charge is 0.251 e. The number of rotatable bonds is 5. The van der Waals surface area contributed by atoms with Gasteiger partial charge in [-0.05, 0) is 37.5 Å².